The Morgan fingerprint density at radius 1 is 1.07 bits per heavy atom. The molecular formula is C33H44ClN3O7. The molecule has 2 atom stereocenters. The van der Waals surface area contributed by atoms with E-state index in [1.165, 1.54) is 13.2 Å². The third-order valence-corrected chi connectivity index (χ3v) is 9.37. The summed E-state index contributed by atoms with van der Waals surface area (Å²) in [7, 11) is 1.42. The van der Waals surface area contributed by atoms with Crippen molar-refractivity contribution < 1.29 is 34.1 Å². The molecule has 11 heteroatoms. The van der Waals surface area contributed by atoms with Crippen LogP contribution in [-0.2, 0) is 16.1 Å². The SMILES string of the molecule is CCCCN1C(=O)C([C@H](O)C2CCCC2)NC(=O)C12CCN(Cc1ccc(Oc3ccc(C(=O)O)c(OC)c3)cc1)CC2.Cl. The smallest absolute Gasteiger partial charge is 0.339 e. The van der Waals surface area contributed by atoms with Crippen molar-refractivity contribution >= 4 is 30.2 Å². The number of carbonyl (C=O) groups is 3. The van der Waals surface area contributed by atoms with Crippen molar-refractivity contribution in [2.24, 2.45) is 5.92 Å². The number of aliphatic hydroxyl groups excluding tert-OH is 1. The van der Waals surface area contributed by atoms with Gasteiger partial charge in [-0.05, 0) is 67.9 Å². The molecule has 3 fully saturated rings. The number of piperazine rings is 1. The average Bonchev–Trinajstić information content (AvgIpc) is 3.56. The number of unbranched alkanes of at least 4 members (excludes halogenated alkanes) is 1. The van der Waals surface area contributed by atoms with Crippen LogP contribution in [0.5, 0.6) is 17.2 Å². The minimum atomic E-state index is -1.07. The van der Waals surface area contributed by atoms with Crippen LogP contribution in [0.15, 0.2) is 42.5 Å². The number of methoxy groups -OCH3 is 1. The second-order valence-corrected chi connectivity index (χ2v) is 12.1. The van der Waals surface area contributed by atoms with Gasteiger partial charge in [-0.15, -0.1) is 12.4 Å². The first-order valence-electron chi connectivity index (χ1n) is 15.5. The van der Waals surface area contributed by atoms with Crippen molar-refractivity contribution in [2.75, 3.05) is 26.7 Å². The molecule has 1 unspecified atom stereocenters. The average molecular weight is 630 g/mol. The van der Waals surface area contributed by atoms with Gasteiger partial charge in [-0.1, -0.05) is 38.3 Å². The lowest BCUT2D eigenvalue weighted by molar-refractivity contribution is -0.165. The third kappa shape index (κ3) is 6.98. The first kappa shape index (κ1) is 33.6. The fourth-order valence-electron chi connectivity index (χ4n) is 6.83. The number of amides is 2. The lowest BCUT2D eigenvalue weighted by Crippen LogP contribution is -2.75. The molecule has 1 aliphatic carbocycles. The van der Waals surface area contributed by atoms with Gasteiger partial charge in [-0.3, -0.25) is 14.5 Å². The lowest BCUT2D eigenvalue weighted by Gasteiger charge is -2.52. The van der Waals surface area contributed by atoms with Gasteiger partial charge < -0.3 is 29.9 Å². The molecule has 1 saturated carbocycles. The van der Waals surface area contributed by atoms with Gasteiger partial charge >= 0.3 is 5.97 Å². The second-order valence-electron chi connectivity index (χ2n) is 12.1. The first-order chi connectivity index (χ1) is 20.8. The number of carboxylic acids is 1. The van der Waals surface area contributed by atoms with E-state index < -0.39 is 23.7 Å². The minimum Gasteiger partial charge on any atom is -0.496 e. The number of piperidine rings is 1. The van der Waals surface area contributed by atoms with Crippen LogP contribution >= 0.6 is 12.4 Å². The summed E-state index contributed by atoms with van der Waals surface area (Å²) in [4.78, 5) is 42.9. The van der Waals surface area contributed by atoms with Crippen LogP contribution in [0.2, 0.25) is 0 Å². The van der Waals surface area contributed by atoms with Gasteiger partial charge in [0.2, 0.25) is 11.8 Å². The van der Waals surface area contributed by atoms with Crippen molar-refractivity contribution in [1.29, 1.82) is 0 Å². The van der Waals surface area contributed by atoms with Crippen LogP contribution in [0.3, 0.4) is 0 Å². The number of aromatic carboxylic acids is 1. The molecule has 3 N–H and O–H groups in total. The molecule has 2 heterocycles. The number of rotatable bonds is 11. The zero-order valence-electron chi connectivity index (χ0n) is 25.5. The molecule has 5 rings (SSSR count). The Labute approximate surface area is 265 Å². The Morgan fingerprint density at radius 3 is 2.34 bits per heavy atom. The van der Waals surface area contributed by atoms with Crippen LogP contribution in [0.4, 0.5) is 0 Å². The number of benzene rings is 2. The largest absolute Gasteiger partial charge is 0.496 e. The van der Waals surface area contributed by atoms with Crippen LogP contribution in [0.1, 0.15) is 74.2 Å². The number of hydrogen-bond donors (Lipinski definition) is 3. The number of carboxylic acid groups (broad SMARTS) is 1. The number of nitrogens with one attached hydrogen (secondary N) is 1. The molecule has 10 nitrogen and oxygen atoms in total. The number of ether oxygens (including phenoxy) is 2. The summed E-state index contributed by atoms with van der Waals surface area (Å²) in [5, 5.41) is 23.3. The van der Waals surface area contributed by atoms with Crippen LogP contribution in [0.25, 0.3) is 0 Å². The van der Waals surface area contributed by atoms with Crippen molar-refractivity contribution in [3.8, 4) is 17.2 Å². The van der Waals surface area contributed by atoms with E-state index in [1.807, 2.05) is 24.3 Å². The first-order valence-corrected chi connectivity index (χ1v) is 15.5. The molecule has 2 saturated heterocycles. The highest BCUT2D eigenvalue weighted by molar-refractivity contribution is 6.00. The molecule has 2 aromatic carbocycles. The van der Waals surface area contributed by atoms with E-state index in [0.29, 0.717) is 50.5 Å². The second kappa shape index (κ2) is 14.6. The summed E-state index contributed by atoms with van der Waals surface area (Å²) in [5.74, 6) is 0.0581. The number of nitrogens with zero attached hydrogens (tertiary/aromatic N) is 2. The molecule has 44 heavy (non-hydrogen) atoms. The highest BCUT2D eigenvalue weighted by Gasteiger charge is 2.55. The highest BCUT2D eigenvalue weighted by Crippen LogP contribution is 2.37. The number of aliphatic hydroxyl groups is 1. The van der Waals surface area contributed by atoms with E-state index in [-0.39, 0.29) is 41.5 Å². The number of hydrogen-bond acceptors (Lipinski definition) is 7. The molecule has 0 radical (unpaired) electrons. The van der Waals surface area contributed by atoms with Gasteiger partial charge in [0.15, 0.2) is 0 Å². The zero-order valence-corrected chi connectivity index (χ0v) is 26.3. The summed E-state index contributed by atoms with van der Waals surface area (Å²) in [6.45, 7) is 4.66. The van der Waals surface area contributed by atoms with Crippen molar-refractivity contribution in [3.05, 3.63) is 53.6 Å². The van der Waals surface area contributed by atoms with Gasteiger partial charge in [0.1, 0.15) is 34.4 Å². The molecule has 1 spiro atoms. The summed E-state index contributed by atoms with van der Waals surface area (Å²) >= 11 is 0. The van der Waals surface area contributed by atoms with Crippen LogP contribution in [0, 0.1) is 5.92 Å². The van der Waals surface area contributed by atoms with E-state index >= 15 is 0 Å². The zero-order chi connectivity index (χ0) is 30.6. The van der Waals surface area contributed by atoms with Crippen molar-refractivity contribution in [2.45, 2.75) is 82.5 Å². The number of carbonyl (C=O) groups excluding carboxylic acids is 2. The molecule has 2 aromatic rings. The Bertz CT molecular complexity index is 1310. The minimum absolute atomic E-state index is 0. The molecule has 0 bridgehead atoms. The predicted molar refractivity (Wildman–Crippen MR) is 167 cm³/mol. The Hall–Kier alpha value is -3.34. The lowest BCUT2D eigenvalue weighted by atomic mass is 9.80. The Morgan fingerprint density at radius 2 is 1.73 bits per heavy atom. The van der Waals surface area contributed by atoms with E-state index in [0.717, 1.165) is 44.1 Å². The van der Waals surface area contributed by atoms with Crippen LogP contribution in [-0.4, -0.2) is 82.2 Å². The molecular weight excluding hydrogens is 586 g/mol. The molecule has 3 aliphatic rings. The maximum absolute atomic E-state index is 13.8. The molecule has 0 aromatic heterocycles. The number of likely N-dealkylation sites (tertiary alicyclic amines) is 1. The van der Waals surface area contributed by atoms with Gasteiger partial charge in [0, 0.05) is 32.2 Å². The quantitative estimate of drug-likeness (QED) is 0.329. The topological polar surface area (TPSA) is 129 Å². The van der Waals surface area contributed by atoms with Crippen molar-refractivity contribution in [3.63, 3.8) is 0 Å². The van der Waals surface area contributed by atoms with E-state index in [2.05, 4.69) is 17.1 Å². The van der Waals surface area contributed by atoms with Crippen molar-refractivity contribution in [1.82, 2.24) is 15.1 Å². The molecule has 2 aliphatic heterocycles. The summed E-state index contributed by atoms with van der Waals surface area (Å²) < 4.78 is 11.1. The standard InChI is InChI=1S/C33H43N3O7.ClH/c1-3-4-17-36-30(38)28(29(37)23-7-5-6-8-23)34-32(41)33(36)15-18-35(19-16-33)21-22-9-11-24(12-10-22)43-25-13-14-26(31(39)40)27(20-25)42-2;/h9-14,20,23,28-29,37H,3-8,15-19,21H2,1-2H3,(H,34,41)(H,39,40);1H/t28?,29-;/m1./s1. The fourth-order valence-corrected chi connectivity index (χ4v) is 6.83. The fraction of sp³-hybridized carbons (Fsp3) is 0.545. The Kier molecular flexibility index (Phi) is 11.2. The molecule has 240 valence electrons. The van der Waals surface area contributed by atoms with Gasteiger partial charge in [-0.2, -0.15) is 0 Å². The van der Waals surface area contributed by atoms with Gasteiger partial charge in [0.25, 0.3) is 0 Å². The van der Waals surface area contributed by atoms with Gasteiger partial charge in [0.05, 0.1) is 13.2 Å². The van der Waals surface area contributed by atoms with E-state index in [9.17, 15) is 24.6 Å². The summed E-state index contributed by atoms with van der Waals surface area (Å²) in [6, 6.07) is 11.5. The van der Waals surface area contributed by atoms with E-state index in [1.54, 1.807) is 17.0 Å². The maximum atomic E-state index is 13.8. The Balaban J connectivity index is 0.00000442. The van der Waals surface area contributed by atoms with E-state index in [4.69, 9.17) is 9.47 Å². The monoisotopic (exact) mass is 629 g/mol. The molecule has 2 amide bonds. The summed E-state index contributed by atoms with van der Waals surface area (Å²) in [6.07, 6.45) is 5.93. The summed E-state index contributed by atoms with van der Waals surface area (Å²) in [5.41, 5.74) is 0.288. The van der Waals surface area contributed by atoms with Gasteiger partial charge in [-0.25, -0.2) is 4.79 Å². The highest BCUT2D eigenvalue weighted by atomic mass is 35.5. The number of halogens is 1. The maximum Gasteiger partial charge on any atom is 0.339 e. The predicted octanol–water partition coefficient (Wildman–Crippen LogP) is 4.62. The third-order valence-electron chi connectivity index (χ3n) is 9.37. The normalized spacial score (nSPS) is 21.1. The van der Waals surface area contributed by atoms with Crippen LogP contribution < -0.4 is 14.8 Å².